The SMILES string of the molecule is CN(C)CCOOC(=O)c1cccc2nc3cc4ccccc4cc3cc12. The molecule has 4 aromatic rings. The summed E-state index contributed by atoms with van der Waals surface area (Å²) >= 11 is 0. The first kappa shape index (κ1) is 17.4. The summed E-state index contributed by atoms with van der Waals surface area (Å²) in [4.78, 5) is 29.2. The Labute approximate surface area is 157 Å². The molecular weight excluding hydrogens is 340 g/mol. The second-order valence-electron chi connectivity index (χ2n) is 6.75. The van der Waals surface area contributed by atoms with Crippen molar-refractivity contribution in [3.8, 4) is 0 Å². The van der Waals surface area contributed by atoms with E-state index in [9.17, 15) is 4.79 Å². The fourth-order valence-corrected chi connectivity index (χ4v) is 3.08. The van der Waals surface area contributed by atoms with Gasteiger partial charge in [0, 0.05) is 17.3 Å². The minimum atomic E-state index is -0.513. The Hall–Kier alpha value is -3.02. The van der Waals surface area contributed by atoms with Gasteiger partial charge in [0.15, 0.2) is 0 Å². The first-order valence-corrected chi connectivity index (χ1v) is 8.82. The molecule has 0 bridgehead atoms. The van der Waals surface area contributed by atoms with Gasteiger partial charge in [-0.1, -0.05) is 30.3 Å². The fourth-order valence-electron chi connectivity index (χ4n) is 3.08. The molecule has 1 heterocycles. The molecule has 4 rings (SSSR count). The van der Waals surface area contributed by atoms with Gasteiger partial charge >= 0.3 is 5.97 Å². The zero-order valence-electron chi connectivity index (χ0n) is 15.3. The van der Waals surface area contributed by atoms with Crippen molar-refractivity contribution in [1.29, 1.82) is 0 Å². The van der Waals surface area contributed by atoms with Gasteiger partial charge < -0.3 is 4.90 Å². The third-order valence-electron chi connectivity index (χ3n) is 4.50. The normalized spacial score (nSPS) is 11.5. The van der Waals surface area contributed by atoms with Gasteiger partial charge in [0.1, 0.15) is 6.61 Å². The van der Waals surface area contributed by atoms with Crippen LogP contribution in [0.25, 0.3) is 32.6 Å². The molecular formula is C22H20N2O3. The molecule has 5 heteroatoms. The van der Waals surface area contributed by atoms with E-state index in [-0.39, 0.29) is 0 Å². The molecule has 0 saturated carbocycles. The lowest BCUT2D eigenvalue weighted by Gasteiger charge is -2.10. The highest BCUT2D eigenvalue weighted by molar-refractivity contribution is 6.08. The van der Waals surface area contributed by atoms with Gasteiger partial charge in [-0.05, 0) is 55.2 Å². The van der Waals surface area contributed by atoms with E-state index < -0.39 is 5.97 Å². The number of pyridine rings is 1. The predicted octanol–water partition coefficient (Wildman–Crippen LogP) is 4.19. The van der Waals surface area contributed by atoms with Crippen LogP contribution in [0.2, 0.25) is 0 Å². The molecule has 0 atom stereocenters. The van der Waals surface area contributed by atoms with Crippen LogP contribution in [-0.4, -0.2) is 43.1 Å². The van der Waals surface area contributed by atoms with Crippen molar-refractivity contribution in [3.63, 3.8) is 0 Å². The summed E-state index contributed by atoms with van der Waals surface area (Å²) in [6.07, 6.45) is 0. The summed E-state index contributed by atoms with van der Waals surface area (Å²) in [6.45, 7) is 0.985. The zero-order chi connectivity index (χ0) is 18.8. The summed E-state index contributed by atoms with van der Waals surface area (Å²) < 4.78 is 0. The average Bonchev–Trinajstić information content (AvgIpc) is 2.67. The van der Waals surface area contributed by atoms with Crippen molar-refractivity contribution >= 4 is 38.5 Å². The molecule has 136 valence electrons. The van der Waals surface area contributed by atoms with Crippen molar-refractivity contribution in [2.24, 2.45) is 0 Å². The number of carbonyl (C=O) groups excluding carboxylic acids is 1. The number of aromatic nitrogens is 1. The maximum atomic E-state index is 12.5. The van der Waals surface area contributed by atoms with Crippen molar-refractivity contribution in [2.75, 3.05) is 27.2 Å². The molecule has 0 aliphatic rings. The minimum absolute atomic E-state index is 0.316. The monoisotopic (exact) mass is 360 g/mol. The molecule has 0 fully saturated rings. The zero-order valence-corrected chi connectivity index (χ0v) is 15.3. The van der Waals surface area contributed by atoms with Crippen LogP contribution >= 0.6 is 0 Å². The van der Waals surface area contributed by atoms with Gasteiger partial charge in [-0.3, -0.25) is 4.89 Å². The van der Waals surface area contributed by atoms with Gasteiger partial charge in [-0.15, -0.1) is 0 Å². The number of likely N-dealkylation sites (N-methyl/N-ethyl adjacent to an activating group) is 1. The molecule has 0 spiro atoms. The lowest BCUT2D eigenvalue weighted by molar-refractivity contribution is -0.241. The van der Waals surface area contributed by atoms with Crippen LogP contribution in [0.3, 0.4) is 0 Å². The molecule has 1 aromatic heterocycles. The molecule has 5 nitrogen and oxygen atoms in total. The highest BCUT2D eigenvalue weighted by Gasteiger charge is 2.14. The van der Waals surface area contributed by atoms with Crippen molar-refractivity contribution in [1.82, 2.24) is 9.88 Å². The molecule has 0 saturated heterocycles. The van der Waals surface area contributed by atoms with Crippen LogP contribution in [0.1, 0.15) is 10.4 Å². The first-order chi connectivity index (χ1) is 13.1. The van der Waals surface area contributed by atoms with E-state index in [1.165, 1.54) is 0 Å². The number of fused-ring (bicyclic) bond motifs is 3. The molecule has 27 heavy (non-hydrogen) atoms. The average molecular weight is 360 g/mol. The number of hydrogen-bond acceptors (Lipinski definition) is 5. The Morgan fingerprint density at radius 3 is 2.48 bits per heavy atom. The van der Waals surface area contributed by atoms with Gasteiger partial charge in [-0.25, -0.2) is 9.78 Å². The molecule has 0 N–H and O–H groups in total. The summed E-state index contributed by atoms with van der Waals surface area (Å²) in [5.74, 6) is -0.513. The Morgan fingerprint density at radius 1 is 0.926 bits per heavy atom. The van der Waals surface area contributed by atoms with E-state index in [0.717, 1.165) is 32.6 Å². The molecule has 0 amide bonds. The molecule has 0 unspecified atom stereocenters. The summed E-state index contributed by atoms with van der Waals surface area (Å²) in [6, 6.07) is 19.7. The largest absolute Gasteiger partial charge is 0.373 e. The van der Waals surface area contributed by atoms with Crippen LogP contribution in [0, 0.1) is 0 Å². The standard InChI is InChI=1S/C22H20N2O3/c1-24(2)10-11-26-27-22(25)18-8-5-9-20-19(18)13-17-12-15-6-3-4-7-16(15)14-21(17)23-20/h3-9,12-14H,10-11H2,1-2H3. The number of nitrogens with zero attached hydrogens (tertiary/aromatic N) is 2. The topological polar surface area (TPSA) is 51.7 Å². The third-order valence-corrected chi connectivity index (χ3v) is 4.50. The fraction of sp³-hybridized carbons (Fsp3) is 0.182. The van der Waals surface area contributed by atoms with E-state index in [1.807, 2.05) is 43.3 Å². The number of rotatable bonds is 5. The lowest BCUT2D eigenvalue weighted by Crippen LogP contribution is -2.19. The summed E-state index contributed by atoms with van der Waals surface area (Å²) in [7, 11) is 3.85. The number of hydrogen-bond donors (Lipinski definition) is 0. The van der Waals surface area contributed by atoms with Crippen molar-refractivity contribution < 1.29 is 14.6 Å². The number of benzene rings is 3. The van der Waals surface area contributed by atoms with Crippen LogP contribution in [0.4, 0.5) is 0 Å². The van der Waals surface area contributed by atoms with E-state index in [2.05, 4.69) is 24.3 Å². The van der Waals surface area contributed by atoms with E-state index >= 15 is 0 Å². The molecule has 3 aromatic carbocycles. The Bertz CT molecular complexity index is 1140. The second-order valence-corrected chi connectivity index (χ2v) is 6.75. The number of carbonyl (C=O) groups is 1. The van der Waals surface area contributed by atoms with E-state index in [0.29, 0.717) is 18.7 Å². The molecule has 0 aliphatic heterocycles. The van der Waals surface area contributed by atoms with Crippen LogP contribution in [0.5, 0.6) is 0 Å². The van der Waals surface area contributed by atoms with Crippen molar-refractivity contribution in [2.45, 2.75) is 0 Å². The highest BCUT2D eigenvalue weighted by Crippen LogP contribution is 2.27. The molecule has 0 aliphatic carbocycles. The lowest BCUT2D eigenvalue weighted by atomic mass is 10.0. The maximum Gasteiger partial charge on any atom is 0.373 e. The predicted molar refractivity (Wildman–Crippen MR) is 107 cm³/mol. The van der Waals surface area contributed by atoms with Gasteiger partial charge in [0.2, 0.25) is 0 Å². The third kappa shape index (κ3) is 3.60. The smallest absolute Gasteiger partial charge is 0.307 e. The Kier molecular flexibility index (Phi) is 4.71. The van der Waals surface area contributed by atoms with E-state index in [4.69, 9.17) is 14.8 Å². The summed E-state index contributed by atoms with van der Waals surface area (Å²) in [5, 5.41) is 4.01. The van der Waals surface area contributed by atoms with Crippen molar-refractivity contribution in [3.05, 3.63) is 66.2 Å². The second kappa shape index (κ2) is 7.31. The van der Waals surface area contributed by atoms with Gasteiger partial charge in [-0.2, -0.15) is 4.89 Å². The quantitative estimate of drug-likeness (QED) is 0.231. The van der Waals surface area contributed by atoms with Crippen LogP contribution in [-0.2, 0) is 9.78 Å². The van der Waals surface area contributed by atoms with Crippen LogP contribution in [0.15, 0.2) is 60.7 Å². The highest BCUT2D eigenvalue weighted by atomic mass is 17.2. The van der Waals surface area contributed by atoms with Crippen LogP contribution < -0.4 is 0 Å². The minimum Gasteiger partial charge on any atom is -0.307 e. The van der Waals surface area contributed by atoms with E-state index in [1.54, 1.807) is 12.1 Å². The maximum absolute atomic E-state index is 12.5. The first-order valence-electron chi connectivity index (χ1n) is 8.82. The molecule has 0 radical (unpaired) electrons. The Morgan fingerprint density at radius 2 is 1.70 bits per heavy atom. The van der Waals surface area contributed by atoms with Gasteiger partial charge in [0.05, 0.1) is 16.6 Å². The Balaban J connectivity index is 1.72. The summed E-state index contributed by atoms with van der Waals surface area (Å²) in [5.41, 5.74) is 2.09. The van der Waals surface area contributed by atoms with Gasteiger partial charge in [0.25, 0.3) is 0 Å².